The van der Waals surface area contributed by atoms with E-state index in [0.29, 0.717) is 13.2 Å². The summed E-state index contributed by atoms with van der Waals surface area (Å²) in [6, 6.07) is 8.65. The first-order valence-corrected chi connectivity index (χ1v) is 7.65. The predicted molar refractivity (Wildman–Crippen MR) is 81.0 cm³/mol. The number of hydrogen-bond donors (Lipinski definition) is 0. The maximum atomic E-state index is 6.11. The first-order valence-electron chi connectivity index (χ1n) is 7.65. The van der Waals surface area contributed by atoms with Crippen LogP contribution >= 0.6 is 0 Å². The highest BCUT2D eigenvalue weighted by Crippen LogP contribution is 2.43. The largest absolute Gasteiger partial charge is 0.342 e. The number of aromatic nitrogens is 2. The highest BCUT2D eigenvalue weighted by molar-refractivity contribution is 5.27. The van der Waals surface area contributed by atoms with Gasteiger partial charge in [0.25, 0.3) is 0 Å². The minimum absolute atomic E-state index is 0.0787. The molecule has 0 N–H and O–H groups in total. The molecule has 0 saturated carbocycles. The SMILES string of the molecule is CCc1ccc(C2(C(CC)n3ccnc3)OCCO2)cc1. The molecule has 2 aromatic rings. The van der Waals surface area contributed by atoms with E-state index in [9.17, 15) is 0 Å². The van der Waals surface area contributed by atoms with Gasteiger partial charge in [-0.1, -0.05) is 38.1 Å². The third-order valence-corrected chi connectivity index (χ3v) is 4.19. The van der Waals surface area contributed by atoms with Gasteiger partial charge in [0, 0.05) is 18.0 Å². The van der Waals surface area contributed by atoms with Crippen LogP contribution in [0.3, 0.4) is 0 Å². The number of nitrogens with zero attached hydrogens (tertiary/aromatic N) is 2. The van der Waals surface area contributed by atoms with Gasteiger partial charge >= 0.3 is 0 Å². The van der Waals surface area contributed by atoms with Gasteiger partial charge in [-0.2, -0.15) is 0 Å². The Bertz CT molecular complexity index is 557. The van der Waals surface area contributed by atoms with Gasteiger partial charge < -0.3 is 14.0 Å². The number of rotatable bonds is 5. The van der Waals surface area contributed by atoms with E-state index in [1.807, 2.05) is 12.5 Å². The molecule has 21 heavy (non-hydrogen) atoms. The Balaban J connectivity index is 2.01. The monoisotopic (exact) mass is 286 g/mol. The number of hydrogen-bond acceptors (Lipinski definition) is 3. The highest BCUT2D eigenvalue weighted by atomic mass is 16.7. The van der Waals surface area contributed by atoms with Crippen molar-refractivity contribution in [2.45, 2.75) is 38.5 Å². The summed E-state index contributed by atoms with van der Waals surface area (Å²) >= 11 is 0. The zero-order valence-corrected chi connectivity index (χ0v) is 12.7. The summed E-state index contributed by atoms with van der Waals surface area (Å²) < 4.78 is 14.3. The first kappa shape index (κ1) is 14.3. The molecular formula is C17H22N2O2. The second kappa shape index (κ2) is 6.00. The van der Waals surface area contributed by atoms with Gasteiger partial charge in [0.2, 0.25) is 5.79 Å². The van der Waals surface area contributed by atoms with Gasteiger partial charge in [0.1, 0.15) is 0 Å². The molecule has 1 atom stereocenters. The van der Waals surface area contributed by atoms with Crippen molar-refractivity contribution in [2.24, 2.45) is 0 Å². The van der Waals surface area contributed by atoms with Gasteiger partial charge in [-0.3, -0.25) is 0 Å². The van der Waals surface area contributed by atoms with E-state index < -0.39 is 5.79 Å². The van der Waals surface area contributed by atoms with Crippen molar-refractivity contribution in [3.05, 3.63) is 54.1 Å². The molecule has 1 aromatic carbocycles. The van der Waals surface area contributed by atoms with Crippen molar-refractivity contribution >= 4 is 0 Å². The molecule has 1 unspecified atom stereocenters. The van der Waals surface area contributed by atoms with Crippen molar-refractivity contribution in [2.75, 3.05) is 13.2 Å². The lowest BCUT2D eigenvalue weighted by Gasteiger charge is -2.36. The molecule has 4 nitrogen and oxygen atoms in total. The molecule has 1 aliphatic rings. The molecule has 3 rings (SSSR count). The Hall–Kier alpha value is -1.65. The molecule has 0 aliphatic carbocycles. The smallest absolute Gasteiger partial charge is 0.216 e. The molecule has 1 fully saturated rings. The van der Waals surface area contributed by atoms with Crippen LogP contribution in [-0.2, 0) is 21.7 Å². The lowest BCUT2D eigenvalue weighted by Crippen LogP contribution is -2.37. The third-order valence-electron chi connectivity index (χ3n) is 4.19. The number of aryl methyl sites for hydroxylation is 1. The molecule has 1 saturated heterocycles. The maximum absolute atomic E-state index is 6.11. The molecule has 0 spiro atoms. The van der Waals surface area contributed by atoms with E-state index in [4.69, 9.17) is 9.47 Å². The Morgan fingerprint density at radius 3 is 2.43 bits per heavy atom. The van der Waals surface area contributed by atoms with Crippen LogP contribution in [0.15, 0.2) is 43.0 Å². The fourth-order valence-electron chi connectivity index (χ4n) is 3.08. The van der Waals surface area contributed by atoms with Crippen LogP contribution in [0.25, 0.3) is 0 Å². The van der Waals surface area contributed by atoms with Gasteiger partial charge in [0.05, 0.1) is 25.6 Å². The van der Waals surface area contributed by atoms with E-state index in [1.54, 1.807) is 6.20 Å². The van der Waals surface area contributed by atoms with Crippen molar-refractivity contribution in [1.29, 1.82) is 0 Å². The molecule has 112 valence electrons. The van der Waals surface area contributed by atoms with Crippen LogP contribution in [0.5, 0.6) is 0 Å². The predicted octanol–water partition coefficient (Wildman–Crippen LogP) is 3.30. The average molecular weight is 286 g/mol. The standard InChI is InChI=1S/C17H22N2O2/c1-3-14-5-7-15(8-6-14)17(20-11-12-21-17)16(4-2)19-10-9-18-13-19/h5-10,13,16H,3-4,11-12H2,1-2H3. The quantitative estimate of drug-likeness (QED) is 0.846. The average Bonchev–Trinajstić information content (AvgIpc) is 3.21. The third kappa shape index (κ3) is 2.49. The van der Waals surface area contributed by atoms with E-state index in [2.05, 4.69) is 47.7 Å². The lowest BCUT2D eigenvalue weighted by atomic mass is 9.94. The van der Waals surface area contributed by atoms with Crippen LogP contribution in [0.1, 0.15) is 37.4 Å². The van der Waals surface area contributed by atoms with Gasteiger partial charge in [0.15, 0.2) is 0 Å². The molecule has 1 aromatic heterocycles. The van der Waals surface area contributed by atoms with Crippen molar-refractivity contribution in [3.8, 4) is 0 Å². The summed E-state index contributed by atoms with van der Waals surface area (Å²) in [7, 11) is 0. The summed E-state index contributed by atoms with van der Waals surface area (Å²) in [5, 5.41) is 0. The topological polar surface area (TPSA) is 36.3 Å². The van der Waals surface area contributed by atoms with Crippen LogP contribution < -0.4 is 0 Å². The molecular weight excluding hydrogens is 264 g/mol. The molecule has 0 bridgehead atoms. The Kier molecular flexibility index (Phi) is 4.08. The Labute approximate surface area is 125 Å². The summed E-state index contributed by atoms with van der Waals surface area (Å²) in [6.07, 6.45) is 7.55. The summed E-state index contributed by atoms with van der Waals surface area (Å²) in [4.78, 5) is 4.17. The fraction of sp³-hybridized carbons (Fsp3) is 0.471. The highest BCUT2D eigenvalue weighted by Gasteiger charge is 2.46. The first-order chi connectivity index (χ1) is 10.3. The van der Waals surface area contributed by atoms with Gasteiger partial charge in [-0.25, -0.2) is 4.98 Å². The number of ether oxygens (including phenoxy) is 2. The van der Waals surface area contributed by atoms with Gasteiger partial charge in [-0.15, -0.1) is 0 Å². The molecule has 0 radical (unpaired) electrons. The fourth-order valence-corrected chi connectivity index (χ4v) is 3.08. The van der Waals surface area contributed by atoms with Crippen molar-refractivity contribution < 1.29 is 9.47 Å². The zero-order chi connectivity index (χ0) is 14.7. The zero-order valence-electron chi connectivity index (χ0n) is 12.7. The Morgan fingerprint density at radius 2 is 1.90 bits per heavy atom. The second-order valence-electron chi connectivity index (χ2n) is 5.35. The van der Waals surface area contributed by atoms with Crippen LogP contribution in [-0.4, -0.2) is 22.8 Å². The van der Waals surface area contributed by atoms with E-state index in [1.165, 1.54) is 5.56 Å². The van der Waals surface area contributed by atoms with E-state index in [0.717, 1.165) is 18.4 Å². The normalized spacial score (nSPS) is 18.8. The van der Waals surface area contributed by atoms with E-state index >= 15 is 0 Å². The van der Waals surface area contributed by atoms with Crippen molar-refractivity contribution in [3.63, 3.8) is 0 Å². The molecule has 0 amide bonds. The summed E-state index contributed by atoms with van der Waals surface area (Å²) in [5.74, 6) is -0.707. The van der Waals surface area contributed by atoms with Gasteiger partial charge in [-0.05, 0) is 18.4 Å². The number of imidazole rings is 1. The lowest BCUT2D eigenvalue weighted by molar-refractivity contribution is -0.200. The molecule has 1 aliphatic heterocycles. The Morgan fingerprint density at radius 1 is 1.19 bits per heavy atom. The molecule has 2 heterocycles. The van der Waals surface area contributed by atoms with Crippen LogP contribution in [0.4, 0.5) is 0 Å². The van der Waals surface area contributed by atoms with E-state index in [-0.39, 0.29) is 6.04 Å². The minimum atomic E-state index is -0.707. The number of benzene rings is 1. The molecule has 4 heteroatoms. The summed E-state index contributed by atoms with van der Waals surface area (Å²) in [5.41, 5.74) is 2.40. The minimum Gasteiger partial charge on any atom is -0.342 e. The van der Waals surface area contributed by atoms with Crippen molar-refractivity contribution in [1.82, 2.24) is 9.55 Å². The van der Waals surface area contributed by atoms with Crippen LogP contribution in [0, 0.1) is 0 Å². The maximum Gasteiger partial charge on any atom is 0.216 e. The second-order valence-corrected chi connectivity index (χ2v) is 5.35. The summed E-state index contributed by atoms with van der Waals surface area (Å²) in [6.45, 7) is 5.56. The van der Waals surface area contributed by atoms with Crippen LogP contribution in [0.2, 0.25) is 0 Å².